The first-order chi connectivity index (χ1) is 9.49. The van der Waals surface area contributed by atoms with Crippen LogP contribution >= 0.6 is 0 Å². The lowest BCUT2D eigenvalue weighted by atomic mass is 10.0. The minimum atomic E-state index is -0.444. The van der Waals surface area contributed by atoms with E-state index in [0.29, 0.717) is 24.9 Å². The number of piperidine rings is 1. The van der Waals surface area contributed by atoms with E-state index in [-0.39, 0.29) is 12.1 Å². The number of aromatic amines is 1. The Labute approximate surface area is 118 Å². The summed E-state index contributed by atoms with van der Waals surface area (Å²) in [7, 11) is 3.70. The Morgan fingerprint density at radius 2 is 2.35 bits per heavy atom. The van der Waals surface area contributed by atoms with Gasteiger partial charge in [-0.2, -0.15) is 4.98 Å². The SMILES string of the molecule is CC1C(O)CCCN1C(=O)NCc1nc(N(C)C)n[nH]1. The largest absolute Gasteiger partial charge is 0.391 e. The highest BCUT2D eigenvalue weighted by Crippen LogP contribution is 2.17. The van der Waals surface area contributed by atoms with Gasteiger partial charge in [-0.25, -0.2) is 4.79 Å². The van der Waals surface area contributed by atoms with Crippen LogP contribution < -0.4 is 10.2 Å². The summed E-state index contributed by atoms with van der Waals surface area (Å²) in [4.78, 5) is 19.8. The zero-order valence-corrected chi connectivity index (χ0v) is 12.1. The summed E-state index contributed by atoms with van der Waals surface area (Å²) < 4.78 is 0. The summed E-state index contributed by atoms with van der Waals surface area (Å²) in [6.07, 6.45) is 1.13. The number of rotatable bonds is 3. The normalized spacial score (nSPS) is 22.7. The fourth-order valence-corrected chi connectivity index (χ4v) is 2.23. The van der Waals surface area contributed by atoms with Crippen LogP contribution in [0.15, 0.2) is 0 Å². The molecule has 2 heterocycles. The van der Waals surface area contributed by atoms with E-state index in [4.69, 9.17) is 0 Å². The van der Waals surface area contributed by atoms with Crippen LogP contribution in [0.5, 0.6) is 0 Å². The van der Waals surface area contributed by atoms with Crippen molar-refractivity contribution < 1.29 is 9.90 Å². The highest BCUT2D eigenvalue weighted by Gasteiger charge is 2.29. The first-order valence-electron chi connectivity index (χ1n) is 6.80. The van der Waals surface area contributed by atoms with Gasteiger partial charge in [-0.3, -0.25) is 5.10 Å². The molecule has 2 atom stereocenters. The minimum absolute atomic E-state index is 0.157. The van der Waals surface area contributed by atoms with Crippen molar-refractivity contribution >= 4 is 12.0 Å². The first kappa shape index (κ1) is 14.6. The van der Waals surface area contributed by atoms with Crippen LogP contribution in [-0.2, 0) is 6.54 Å². The number of aliphatic hydroxyl groups excluding tert-OH is 1. The lowest BCUT2D eigenvalue weighted by Crippen LogP contribution is -2.52. The summed E-state index contributed by atoms with van der Waals surface area (Å²) in [6.45, 7) is 2.82. The third-order valence-corrected chi connectivity index (χ3v) is 3.54. The predicted molar refractivity (Wildman–Crippen MR) is 74.4 cm³/mol. The third-order valence-electron chi connectivity index (χ3n) is 3.54. The molecule has 8 heteroatoms. The monoisotopic (exact) mass is 282 g/mol. The van der Waals surface area contributed by atoms with Crippen molar-refractivity contribution in [1.29, 1.82) is 0 Å². The zero-order valence-electron chi connectivity index (χ0n) is 12.1. The highest BCUT2D eigenvalue weighted by atomic mass is 16.3. The summed E-state index contributed by atoms with van der Waals surface area (Å²) in [5, 5.41) is 19.4. The van der Waals surface area contributed by atoms with E-state index in [0.717, 1.165) is 12.8 Å². The van der Waals surface area contributed by atoms with Gasteiger partial charge in [-0.05, 0) is 19.8 Å². The van der Waals surface area contributed by atoms with Crippen LogP contribution in [0.1, 0.15) is 25.6 Å². The zero-order chi connectivity index (χ0) is 14.7. The van der Waals surface area contributed by atoms with Gasteiger partial charge in [0.15, 0.2) is 0 Å². The molecule has 1 saturated heterocycles. The van der Waals surface area contributed by atoms with Crippen LogP contribution in [0.25, 0.3) is 0 Å². The number of H-pyrrole nitrogens is 1. The second-order valence-corrected chi connectivity index (χ2v) is 5.28. The number of likely N-dealkylation sites (tertiary alicyclic amines) is 1. The number of carbonyl (C=O) groups is 1. The summed E-state index contributed by atoms with van der Waals surface area (Å²) >= 11 is 0. The van der Waals surface area contributed by atoms with Gasteiger partial charge in [0.05, 0.1) is 18.7 Å². The number of nitrogens with one attached hydrogen (secondary N) is 2. The third kappa shape index (κ3) is 3.19. The molecule has 1 aliphatic heterocycles. The number of aliphatic hydroxyl groups is 1. The van der Waals surface area contributed by atoms with E-state index in [1.807, 2.05) is 21.0 Å². The molecule has 20 heavy (non-hydrogen) atoms. The molecule has 1 aromatic heterocycles. The van der Waals surface area contributed by atoms with Crippen molar-refractivity contribution in [2.45, 2.75) is 38.5 Å². The number of aromatic nitrogens is 3. The van der Waals surface area contributed by atoms with Gasteiger partial charge in [-0.15, -0.1) is 5.10 Å². The highest BCUT2D eigenvalue weighted by molar-refractivity contribution is 5.74. The smallest absolute Gasteiger partial charge is 0.318 e. The van der Waals surface area contributed by atoms with Gasteiger partial charge in [0.2, 0.25) is 5.95 Å². The van der Waals surface area contributed by atoms with Crippen LogP contribution in [0.2, 0.25) is 0 Å². The van der Waals surface area contributed by atoms with Gasteiger partial charge in [0, 0.05) is 20.6 Å². The van der Waals surface area contributed by atoms with Gasteiger partial charge >= 0.3 is 6.03 Å². The van der Waals surface area contributed by atoms with Gasteiger partial charge in [-0.1, -0.05) is 0 Å². The Morgan fingerprint density at radius 1 is 1.60 bits per heavy atom. The van der Waals surface area contributed by atoms with Crippen LogP contribution in [0, 0.1) is 0 Å². The van der Waals surface area contributed by atoms with E-state index in [2.05, 4.69) is 20.5 Å². The number of hydrogen-bond acceptors (Lipinski definition) is 5. The summed E-state index contributed by atoms with van der Waals surface area (Å²) in [6, 6.07) is -0.338. The molecule has 112 valence electrons. The minimum Gasteiger partial charge on any atom is -0.391 e. The van der Waals surface area contributed by atoms with Crippen molar-refractivity contribution in [1.82, 2.24) is 25.4 Å². The molecule has 0 saturated carbocycles. The molecular formula is C12H22N6O2. The number of hydrogen-bond donors (Lipinski definition) is 3. The molecule has 1 aromatic rings. The van der Waals surface area contributed by atoms with Crippen molar-refractivity contribution in [3.05, 3.63) is 5.82 Å². The van der Waals surface area contributed by atoms with E-state index < -0.39 is 6.10 Å². The predicted octanol–water partition coefficient (Wildman–Crippen LogP) is -0.0745. The summed E-state index contributed by atoms with van der Waals surface area (Å²) in [5.41, 5.74) is 0. The topological polar surface area (TPSA) is 97.4 Å². The Morgan fingerprint density at radius 3 is 3.00 bits per heavy atom. The standard InChI is InChI=1S/C12H22N6O2/c1-8-9(19)5-4-6-18(8)12(20)13-7-10-14-11(16-15-10)17(2)3/h8-9,19H,4-7H2,1-3H3,(H,13,20)(H,14,15,16). The van der Waals surface area contributed by atoms with Crippen molar-refractivity contribution in [3.8, 4) is 0 Å². The molecule has 0 aliphatic carbocycles. The average Bonchev–Trinajstić information content (AvgIpc) is 2.88. The maximum atomic E-state index is 12.1. The lowest BCUT2D eigenvalue weighted by molar-refractivity contribution is 0.0389. The van der Waals surface area contributed by atoms with E-state index in [1.54, 1.807) is 9.80 Å². The van der Waals surface area contributed by atoms with Crippen molar-refractivity contribution in [2.75, 3.05) is 25.5 Å². The maximum absolute atomic E-state index is 12.1. The molecule has 2 unspecified atom stereocenters. The quantitative estimate of drug-likeness (QED) is 0.721. The molecule has 0 radical (unpaired) electrons. The molecule has 1 aliphatic rings. The van der Waals surface area contributed by atoms with Crippen LogP contribution in [0.4, 0.5) is 10.7 Å². The Kier molecular flexibility index (Phi) is 4.43. The van der Waals surface area contributed by atoms with Gasteiger partial charge in [0.1, 0.15) is 5.82 Å². The Balaban J connectivity index is 1.88. The number of anilines is 1. The van der Waals surface area contributed by atoms with Crippen molar-refractivity contribution in [2.24, 2.45) is 0 Å². The fraction of sp³-hybridized carbons (Fsp3) is 0.750. The van der Waals surface area contributed by atoms with E-state index in [9.17, 15) is 9.90 Å². The van der Waals surface area contributed by atoms with E-state index in [1.165, 1.54) is 0 Å². The van der Waals surface area contributed by atoms with Crippen LogP contribution in [-0.4, -0.2) is 64.0 Å². The Hall–Kier alpha value is -1.83. The Bertz CT molecular complexity index is 461. The van der Waals surface area contributed by atoms with Crippen molar-refractivity contribution in [3.63, 3.8) is 0 Å². The average molecular weight is 282 g/mol. The maximum Gasteiger partial charge on any atom is 0.318 e. The van der Waals surface area contributed by atoms with Crippen LogP contribution in [0.3, 0.4) is 0 Å². The number of urea groups is 1. The fourth-order valence-electron chi connectivity index (χ4n) is 2.23. The first-order valence-corrected chi connectivity index (χ1v) is 6.80. The molecule has 1 fully saturated rings. The molecule has 0 aromatic carbocycles. The van der Waals surface area contributed by atoms with E-state index >= 15 is 0 Å². The molecule has 0 bridgehead atoms. The molecule has 2 amide bonds. The second-order valence-electron chi connectivity index (χ2n) is 5.28. The lowest BCUT2D eigenvalue weighted by Gasteiger charge is -2.36. The van der Waals surface area contributed by atoms with Gasteiger partial charge in [0.25, 0.3) is 0 Å². The molecular weight excluding hydrogens is 260 g/mol. The summed E-state index contributed by atoms with van der Waals surface area (Å²) in [5.74, 6) is 1.18. The number of nitrogens with zero attached hydrogens (tertiary/aromatic N) is 4. The number of carbonyl (C=O) groups excluding carboxylic acids is 1. The molecule has 0 spiro atoms. The number of amides is 2. The molecule has 2 rings (SSSR count). The molecule has 3 N–H and O–H groups in total. The molecule has 8 nitrogen and oxygen atoms in total. The second kappa shape index (κ2) is 6.08. The van der Waals surface area contributed by atoms with Gasteiger partial charge < -0.3 is 20.2 Å².